The SMILES string of the molecule is [CH2-]C(c1[c-]cccc1)C(c1[c-]ccc[c-]1)C([CH2-])c1[c-]cccc1.[Y].[Y].[Y].[Y]. The molecule has 2 unspecified atom stereocenters. The molecule has 27 heavy (non-hydrogen) atoms. The minimum absolute atomic E-state index is 0. The Labute approximate surface area is 265 Å². The maximum atomic E-state index is 4.41. The summed E-state index contributed by atoms with van der Waals surface area (Å²) in [5.74, 6) is 0.0953. The minimum Gasteiger partial charge on any atom is -0.356 e. The van der Waals surface area contributed by atoms with Crippen molar-refractivity contribution < 1.29 is 131 Å². The number of rotatable bonds is 5. The predicted octanol–water partition coefficient (Wildman–Crippen LogP) is 5.20. The fourth-order valence-corrected chi connectivity index (χ4v) is 2.90. The average molecular weight is 650 g/mol. The van der Waals surface area contributed by atoms with Gasteiger partial charge in [0.05, 0.1) is 0 Å². The van der Waals surface area contributed by atoms with Crippen LogP contribution in [0, 0.1) is 38.1 Å². The Morgan fingerprint density at radius 2 is 0.963 bits per heavy atom. The Kier molecular flexibility index (Phi) is 19.4. The zero-order chi connectivity index (χ0) is 16.1. The van der Waals surface area contributed by atoms with Crippen LogP contribution in [0.2, 0.25) is 0 Å². The molecule has 2 atom stereocenters. The van der Waals surface area contributed by atoms with Crippen LogP contribution < -0.4 is 0 Å². The van der Waals surface area contributed by atoms with Crippen LogP contribution in [-0.2, 0) is 131 Å². The van der Waals surface area contributed by atoms with Crippen LogP contribution >= 0.6 is 0 Å². The summed E-state index contributed by atoms with van der Waals surface area (Å²) in [7, 11) is 0. The molecule has 0 aromatic heterocycles. The quantitative estimate of drug-likeness (QED) is 0.334. The topological polar surface area (TPSA) is 0 Å². The largest absolute Gasteiger partial charge is 0.356 e. The Balaban J connectivity index is 0. The molecule has 0 bridgehead atoms. The third-order valence-corrected chi connectivity index (χ3v) is 4.14. The summed E-state index contributed by atoms with van der Waals surface area (Å²) < 4.78 is 0. The van der Waals surface area contributed by atoms with E-state index in [1.54, 1.807) is 0 Å². The minimum atomic E-state index is 0. The fourth-order valence-electron chi connectivity index (χ4n) is 2.90. The summed E-state index contributed by atoms with van der Waals surface area (Å²) >= 11 is 0. The number of hydrogen-bond donors (Lipinski definition) is 0. The third kappa shape index (κ3) is 8.99. The monoisotopic (exact) mass is 650 g/mol. The molecule has 0 saturated carbocycles. The number of benzene rings is 3. The molecule has 0 saturated heterocycles. The van der Waals surface area contributed by atoms with E-state index in [0.717, 1.165) is 16.7 Å². The van der Waals surface area contributed by atoms with E-state index in [4.69, 9.17) is 0 Å². The van der Waals surface area contributed by atoms with Gasteiger partial charge in [0.2, 0.25) is 0 Å². The predicted molar refractivity (Wildman–Crippen MR) is 93.6 cm³/mol. The van der Waals surface area contributed by atoms with Crippen LogP contribution in [-0.4, -0.2) is 0 Å². The molecule has 3 rings (SSSR count). The summed E-state index contributed by atoms with van der Waals surface area (Å²) in [6, 6.07) is 34.9. The second-order valence-electron chi connectivity index (χ2n) is 5.60. The molecule has 128 valence electrons. The standard InChI is InChI=1S/C23H18.4Y/c1-18(20-12-6-3-7-13-20)23(22-16-10-5-11-17-22)19(2)21-14-8-4-9-15-21;;;;/h3-12,14,18-19,23H,1-2H2;;;;/q-6;;;;. The molecular formula is C23H18Y4-6. The van der Waals surface area contributed by atoms with Gasteiger partial charge in [-0.1, -0.05) is 0 Å². The first-order chi connectivity index (χ1) is 11.3. The maximum Gasteiger partial charge on any atom is 0 e. The molecule has 0 aliphatic heterocycles. The van der Waals surface area contributed by atoms with Crippen molar-refractivity contribution in [3.05, 3.63) is 122 Å². The zero-order valence-electron chi connectivity index (χ0n) is 15.3. The Morgan fingerprint density at radius 1 is 0.556 bits per heavy atom. The van der Waals surface area contributed by atoms with E-state index >= 15 is 0 Å². The van der Waals surface area contributed by atoms with Gasteiger partial charge in [-0.3, -0.25) is 23.8 Å². The molecule has 0 nitrogen and oxygen atoms in total. The van der Waals surface area contributed by atoms with E-state index in [-0.39, 0.29) is 149 Å². The Hall–Kier alpha value is 2.08. The van der Waals surface area contributed by atoms with Gasteiger partial charge in [0, 0.05) is 131 Å². The average Bonchev–Trinajstić information content (AvgIpc) is 2.64. The third-order valence-electron chi connectivity index (χ3n) is 4.14. The van der Waals surface area contributed by atoms with Crippen molar-refractivity contribution >= 4 is 0 Å². The van der Waals surface area contributed by atoms with E-state index in [2.05, 4.69) is 50.2 Å². The normalized spacial score (nSPS) is 12.7. The molecular weight excluding hydrogens is 632 g/mol. The van der Waals surface area contributed by atoms with Crippen LogP contribution in [0.4, 0.5) is 0 Å². The summed E-state index contributed by atoms with van der Waals surface area (Å²) in [4.78, 5) is 0. The van der Waals surface area contributed by atoms with Gasteiger partial charge in [-0.2, -0.15) is 83.6 Å². The summed E-state index contributed by atoms with van der Waals surface area (Å²) in [6.45, 7) is 8.81. The van der Waals surface area contributed by atoms with Crippen molar-refractivity contribution in [2.45, 2.75) is 17.8 Å². The molecule has 4 heteroatoms. The van der Waals surface area contributed by atoms with Crippen LogP contribution in [0.5, 0.6) is 0 Å². The van der Waals surface area contributed by atoms with Gasteiger partial charge in [0.15, 0.2) is 0 Å². The fraction of sp³-hybridized carbons (Fsp3) is 0.130. The first kappa shape index (κ1) is 31.3. The smallest absolute Gasteiger partial charge is 0 e. The van der Waals surface area contributed by atoms with Gasteiger partial charge in [0.1, 0.15) is 0 Å². The molecule has 0 aliphatic rings. The van der Waals surface area contributed by atoms with Crippen molar-refractivity contribution in [3.8, 4) is 0 Å². The van der Waals surface area contributed by atoms with Crippen LogP contribution in [0.25, 0.3) is 0 Å². The van der Waals surface area contributed by atoms with Crippen molar-refractivity contribution in [3.63, 3.8) is 0 Å². The molecule has 0 N–H and O–H groups in total. The van der Waals surface area contributed by atoms with Crippen molar-refractivity contribution in [2.75, 3.05) is 0 Å². The first-order valence-electron chi connectivity index (χ1n) is 7.75. The van der Waals surface area contributed by atoms with Crippen molar-refractivity contribution in [1.29, 1.82) is 0 Å². The summed E-state index contributed by atoms with van der Waals surface area (Å²) in [6.07, 6.45) is 0. The van der Waals surface area contributed by atoms with E-state index < -0.39 is 0 Å². The number of hydrogen-bond acceptors (Lipinski definition) is 0. The Morgan fingerprint density at radius 3 is 1.33 bits per heavy atom. The van der Waals surface area contributed by atoms with E-state index in [1.807, 2.05) is 54.6 Å². The molecule has 3 aromatic rings. The molecule has 0 spiro atoms. The first-order valence-corrected chi connectivity index (χ1v) is 7.75. The second kappa shape index (κ2) is 16.7. The van der Waals surface area contributed by atoms with Crippen molar-refractivity contribution in [2.24, 2.45) is 0 Å². The molecule has 4 radical (unpaired) electrons. The van der Waals surface area contributed by atoms with Gasteiger partial charge >= 0.3 is 0 Å². The van der Waals surface area contributed by atoms with Gasteiger partial charge in [-0.25, -0.2) is 0 Å². The molecule has 0 heterocycles. The zero-order valence-corrected chi connectivity index (χ0v) is 26.7. The van der Waals surface area contributed by atoms with E-state index in [0.29, 0.717) is 0 Å². The van der Waals surface area contributed by atoms with Gasteiger partial charge in [0.25, 0.3) is 0 Å². The van der Waals surface area contributed by atoms with E-state index in [1.165, 1.54) is 0 Å². The van der Waals surface area contributed by atoms with Gasteiger partial charge in [-0.15, -0.1) is 5.92 Å². The van der Waals surface area contributed by atoms with Crippen LogP contribution in [0.15, 0.2) is 66.7 Å². The molecule has 3 aromatic carbocycles. The summed E-state index contributed by atoms with van der Waals surface area (Å²) in [5.41, 5.74) is 3.16. The van der Waals surface area contributed by atoms with Gasteiger partial charge in [-0.05, 0) is 0 Å². The molecule has 0 fully saturated rings. The van der Waals surface area contributed by atoms with Crippen LogP contribution in [0.3, 0.4) is 0 Å². The van der Waals surface area contributed by atoms with E-state index in [9.17, 15) is 0 Å². The second-order valence-corrected chi connectivity index (χ2v) is 5.60. The van der Waals surface area contributed by atoms with Crippen LogP contribution in [0.1, 0.15) is 34.4 Å². The maximum absolute atomic E-state index is 4.41. The molecule has 0 amide bonds. The van der Waals surface area contributed by atoms with Crippen molar-refractivity contribution in [1.82, 2.24) is 0 Å². The van der Waals surface area contributed by atoms with Gasteiger partial charge < -0.3 is 26.0 Å². The Bertz CT molecular complexity index is 672. The summed E-state index contributed by atoms with van der Waals surface area (Å²) in [5, 5.41) is 0. The molecule has 0 aliphatic carbocycles.